The molecule has 1 N–H and O–H groups in total. The number of nitrogens with one attached hydrogen (secondary N) is 1. The van der Waals surface area contributed by atoms with Crippen LogP contribution >= 0.6 is 23.4 Å². The normalized spacial score (nSPS) is 16.2. The van der Waals surface area contributed by atoms with Crippen LogP contribution < -0.4 is 4.74 Å². The predicted octanol–water partition coefficient (Wildman–Crippen LogP) is 3.92. The fraction of sp³-hybridized carbons (Fsp3) is 0.500. The minimum absolute atomic E-state index is 0.167. The zero-order chi connectivity index (χ0) is 18.4. The number of aromatic amines is 1. The number of halogens is 1. The number of H-pyrrole nitrogens is 1. The largest absolute Gasteiger partial charge is 0.486 e. The zero-order valence-electron chi connectivity index (χ0n) is 14.8. The van der Waals surface area contributed by atoms with Crippen molar-refractivity contribution in [3.8, 4) is 5.75 Å². The highest BCUT2D eigenvalue weighted by molar-refractivity contribution is 8.00. The van der Waals surface area contributed by atoms with Gasteiger partial charge in [0.25, 0.3) is 0 Å². The predicted molar refractivity (Wildman–Crippen MR) is 103 cm³/mol. The summed E-state index contributed by atoms with van der Waals surface area (Å²) >= 11 is 7.23. The van der Waals surface area contributed by atoms with Crippen LogP contribution in [-0.2, 0) is 11.4 Å². The van der Waals surface area contributed by atoms with E-state index >= 15 is 0 Å². The molecular formula is C18H23ClN4O2S. The molecule has 1 aliphatic heterocycles. The first-order valence-electron chi connectivity index (χ1n) is 8.87. The summed E-state index contributed by atoms with van der Waals surface area (Å²) in [4.78, 5) is 19.0. The summed E-state index contributed by atoms with van der Waals surface area (Å²) in [6.07, 6.45) is 4.61. The maximum Gasteiger partial charge on any atom is 0.235 e. The molecule has 1 fully saturated rings. The van der Waals surface area contributed by atoms with E-state index in [1.165, 1.54) is 24.6 Å². The van der Waals surface area contributed by atoms with Crippen molar-refractivity contribution < 1.29 is 9.53 Å². The summed E-state index contributed by atoms with van der Waals surface area (Å²) in [5.74, 6) is 1.50. The van der Waals surface area contributed by atoms with Gasteiger partial charge in [-0.05, 0) is 44.0 Å². The van der Waals surface area contributed by atoms with Gasteiger partial charge in [-0.3, -0.25) is 9.89 Å². The second-order valence-corrected chi connectivity index (χ2v) is 8.05. The molecule has 26 heavy (non-hydrogen) atoms. The molecule has 1 saturated heterocycles. The summed E-state index contributed by atoms with van der Waals surface area (Å²) in [5, 5.41) is 8.08. The molecule has 6 nitrogen and oxygen atoms in total. The molecule has 0 unspecified atom stereocenters. The van der Waals surface area contributed by atoms with Crippen molar-refractivity contribution in [1.82, 2.24) is 20.1 Å². The van der Waals surface area contributed by atoms with Gasteiger partial charge in [0.15, 0.2) is 5.82 Å². The van der Waals surface area contributed by atoms with Gasteiger partial charge in [-0.1, -0.05) is 36.2 Å². The summed E-state index contributed by atoms with van der Waals surface area (Å²) in [6, 6.07) is 7.15. The standard InChI is InChI=1S/C18H23ClN4O2S/c1-13(17(24)23-10-4-2-3-5-11-23)26-18-20-16(21-22-18)12-25-15-8-6-14(19)7-9-15/h6-9,13H,2-5,10-12H2,1H3,(H,20,21,22)/t13-/m0/s1. The lowest BCUT2D eigenvalue weighted by Crippen LogP contribution is -2.37. The molecule has 2 heterocycles. The number of thioether (sulfide) groups is 1. The van der Waals surface area contributed by atoms with Gasteiger partial charge in [0.1, 0.15) is 12.4 Å². The number of carbonyl (C=O) groups is 1. The maximum atomic E-state index is 12.6. The van der Waals surface area contributed by atoms with Crippen molar-refractivity contribution in [2.75, 3.05) is 13.1 Å². The number of benzene rings is 1. The first kappa shape index (κ1) is 19.0. The molecule has 1 amide bonds. The van der Waals surface area contributed by atoms with Gasteiger partial charge in [-0.25, -0.2) is 4.98 Å². The highest BCUT2D eigenvalue weighted by Crippen LogP contribution is 2.23. The molecule has 8 heteroatoms. The van der Waals surface area contributed by atoms with Gasteiger partial charge in [-0.2, -0.15) is 0 Å². The molecule has 2 aromatic rings. The molecule has 0 bridgehead atoms. The van der Waals surface area contributed by atoms with Crippen molar-refractivity contribution >= 4 is 29.3 Å². The van der Waals surface area contributed by atoms with Gasteiger partial charge < -0.3 is 9.64 Å². The van der Waals surface area contributed by atoms with Crippen LogP contribution in [0.4, 0.5) is 0 Å². The van der Waals surface area contributed by atoms with Gasteiger partial charge in [0.05, 0.1) is 5.25 Å². The minimum Gasteiger partial charge on any atom is -0.486 e. The first-order valence-corrected chi connectivity index (χ1v) is 10.1. The third kappa shape index (κ3) is 5.38. The Labute approximate surface area is 162 Å². The van der Waals surface area contributed by atoms with Crippen molar-refractivity contribution in [1.29, 1.82) is 0 Å². The van der Waals surface area contributed by atoms with E-state index in [-0.39, 0.29) is 17.8 Å². The van der Waals surface area contributed by atoms with Gasteiger partial charge in [0.2, 0.25) is 11.1 Å². The Morgan fingerprint density at radius 1 is 1.27 bits per heavy atom. The van der Waals surface area contributed by atoms with E-state index in [0.29, 0.717) is 21.8 Å². The SMILES string of the molecule is C[C@H](Sc1n[nH]c(COc2ccc(Cl)cc2)n1)C(=O)N1CCCCCC1. The van der Waals surface area contributed by atoms with Crippen LogP contribution in [0.1, 0.15) is 38.4 Å². The van der Waals surface area contributed by atoms with Crippen LogP contribution in [0.3, 0.4) is 0 Å². The van der Waals surface area contributed by atoms with E-state index in [1.54, 1.807) is 24.3 Å². The van der Waals surface area contributed by atoms with Gasteiger partial charge in [-0.15, -0.1) is 5.10 Å². The molecular weight excluding hydrogens is 372 g/mol. The average Bonchev–Trinajstić information content (AvgIpc) is 2.91. The molecule has 1 aromatic heterocycles. The summed E-state index contributed by atoms with van der Waals surface area (Å²) < 4.78 is 5.65. The maximum absolute atomic E-state index is 12.6. The van der Waals surface area contributed by atoms with Crippen molar-refractivity contribution in [3.63, 3.8) is 0 Å². The van der Waals surface area contributed by atoms with E-state index in [1.807, 2.05) is 11.8 Å². The Bertz CT molecular complexity index is 714. The van der Waals surface area contributed by atoms with Crippen LogP contribution in [0.25, 0.3) is 0 Å². The Morgan fingerprint density at radius 3 is 2.65 bits per heavy atom. The Kier molecular flexibility index (Phi) is 6.80. The summed E-state index contributed by atoms with van der Waals surface area (Å²) in [7, 11) is 0. The number of ether oxygens (including phenoxy) is 1. The molecule has 1 aliphatic rings. The second-order valence-electron chi connectivity index (χ2n) is 6.31. The number of hydrogen-bond donors (Lipinski definition) is 1. The number of carbonyl (C=O) groups excluding carboxylic acids is 1. The van der Waals surface area contributed by atoms with Crippen molar-refractivity contribution in [3.05, 3.63) is 35.1 Å². The molecule has 3 rings (SSSR count). The average molecular weight is 395 g/mol. The number of amides is 1. The van der Waals surface area contributed by atoms with Crippen LogP contribution in [0.2, 0.25) is 5.02 Å². The third-order valence-corrected chi connectivity index (χ3v) is 5.45. The minimum atomic E-state index is -0.200. The van der Waals surface area contributed by atoms with E-state index in [4.69, 9.17) is 16.3 Å². The van der Waals surface area contributed by atoms with Gasteiger partial charge in [0, 0.05) is 18.1 Å². The lowest BCUT2D eigenvalue weighted by atomic mass is 10.2. The Morgan fingerprint density at radius 2 is 1.96 bits per heavy atom. The van der Waals surface area contributed by atoms with Crippen molar-refractivity contribution in [2.45, 2.75) is 49.6 Å². The zero-order valence-corrected chi connectivity index (χ0v) is 16.4. The Hall–Kier alpha value is -1.73. The smallest absolute Gasteiger partial charge is 0.235 e. The van der Waals surface area contributed by atoms with Crippen LogP contribution in [-0.4, -0.2) is 44.3 Å². The quantitative estimate of drug-likeness (QED) is 0.752. The molecule has 0 aliphatic carbocycles. The highest BCUT2D eigenvalue weighted by Gasteiger charge is 2.23. The molecule has 1 atom stereocenters. The van der Waals surface area contributed by atoms with E-state index in [0.717, 1.165) is 25.9 Å². The number of hydrogen-bond acceptors (Lipinski definition) is 5. The number of likely N-dealkylation sites (tertiary alicyclic amines) is 1. The highest BCUT2D eigenvalue weighted by atomic mass is 35.5. The fourth-order valence-corrected chi connectivity index (χ4v) is 3.79. The molecule has 1 aromatic carbocycles. The fourth-order valence-electron chi connectivity index (χ4n) is 2.83. The van der Waals surface area contributed by atoms with Crippen LogP contribution in [0, 0.1) is 0 Å². The number of aromatic nitrogens is 3. The van der Waals surface area contributed by atoms with Gasteiger partial charge >= 0.3 is 0 Å². The monoisotopic (exact) mass is 394 g/mol. The van der Waals surface area contributed by atoms with Crippen LogP contribution in [0.15, 0.2) is 29.4 Å². The number of rotatable bonds is 6. The van der Waals surface area contributed by atoms with E-state index in [9.17, 15) is 4.79 Å². The molecule has 0 spiro atoms. The summed E-state index contributed by atoms with van der Waals surface area (Å²) in [6.45, 7) is 3.91. The topological polar surface area (TPSA) is 71.1 Å². The third-order valence-electron chi connectivity index (χ3n) is 4.25. The van der Waals surface area contributed by atoms with E-state index < -0.39 is 0 Å². The van der Waals surface area contributed by atoms with Crippen LogP contribution in [0.5, 0.6) is 5.75 Å². The molecule has 0 saturated carbocycles. The molecule has 140 valence electrons. The Balaban J connectivity index is 1.50. The first-order chi connectivity index (χ1) is 12.6. The lowest BCUT2D eigenvalue weighted by Gasteiger charge is -2.23. The van der Waals surface area contributed by atoms with E-state index in [2.05, 4.69) is 15.2 Å². The second kappa shape index (κ2) is 9.28. The summed E-state index contributed by atoms with van der Waals surface area (Å²) in [5.41, 5.74) is 0. The lowest BCUT2D eigenvalue weighted by molar-refractivity contribution is -0.130. The van der Waals surface area contributed by atoms with Crippen molar-refractivity contribution in [2.24, 2.45) is 0 Å². The molecule has 0 radical (unpaired) electrons. The number of nitrogens with zero attached hydrogens (tertiary/aromatic N) is 3.